The molecule has 1 N–H and O–H groups in total. The Morgan fingerprint density at radius 1 is 1.11 bits per heavy atom. The fourth-order valence-electron chi connectivity index (χ4n) is 1.40. The molecule has 0 heterocycles. The van der Waals surface area contributed by atoms with Crippen LogP contribution in [0.2, 0.25) is 0 Å². The summed E-state index contributed by atoms with van der Waals surface area (Å²) in [5.41, 5.74) is 4.57. The zero-order valence-electron chi connectivity index (χ0n) is 9.64. The minimum Gasteiger partial charge on any atom is -0.260 e. The van der Waals surface area contributed by atoms with Crippen LogP contribution in [-0.4, -0.2) is 0 Å². The number of benzene rings is 2. The van der Waals surface area contributed by atoms with Crippen LogP contribution in [0.25, 0.3) is 0 Å². The summed E-state index contributed by atoms with van der Waals surface area (Å²) in [4.78, 5) is 0. The molecule has 2 aromatic rings. The first kappa shape index (κ1) is 13.7. The van der Waals surface area contributed by atoms with E-state index in [0.717, 1.165) is 10.2 Å². The van der Waals surface area contributed by atoms with Crippen molar-refractivity contribution in [3.05, 3.63) is 57.0 Å². The number of nitrogens with zero attached hydrogens (tertiary/aromatic N) is 3. The molecule has 0 atom stereocenters. The van der Waals surface area contributed by atoms with Gasteiger partial charge in [-0.05, 0) is 40.2 Å². The Bertz CT molecular complexity index is 648. The molecule has 0 aliphatic heterocycles. The number of anilines is 1. The molecule has 94 valence electrons. The number of para-hydroxylation sites is 1. The van der Waals surface area contributed by atoms with E-state index in [-0.39, 0.29) is 0 Å². The van der Waals surface area contributed by atoms with E-state index >= 15 is 0 Å². The van der Waals surface area contributed by atoms with Crippen LogP contribution in [0.3, 0.4) is 0 Å². The van der Waals surface area contributed by atoms with Gasteiger partial charge in [0, 0.05) is 8.95 Å². The van der Waals surface area contributed by atoms with Gasteiger partial charge in [-0.15, -0.1) is 5.11 Å². The molecular weight excluding hydrogens is 372 g/mol. The SMILES string of the molecule is N#Cc1cc(Br)cc(Br)c1N=NNc1ccccc1. The Morgan fingerprint density at radius 3 is 2.53 bits per heavy atom. The van der Waals surface area contributed by atoms with Gasteiger partial charge in [0.2, 0.25) is 0 Å². The lowest BCUT2D eigenvalue weighted by Gasteiger charge is -2.02. The summed E-state index contributed by atoms with van der Waals surface area (Å²) in [7, 11) is 0. The van der Waals surface area contributed by atoms with Crippen molar-refractivity contribution in [2.24, 2.45) is 10.3 Å². The summed E-state index contributed by atoms with van der Waals surface area (Å²) in [6, 6.07) is 15.1. The van der Waals surface area contributed by atoms with Crippen LogP contribution in [-0.2, 0) is 0 Å². The van der Waals surface area contributed by atoms with Gasteiger partial charge in [0.1, 0.15) is 11.8 Å². The van der Waals surface area contributed by atoms with Crippen LogP contribution in [0.1, 0.15) is 5.56 Å². The second-order valence-corrected chi connectivity index (χ2v) is 5.34. The predicted molar refractivity (Wildman–Crippen MR) is 81.1 cm³/mol. The third kappa shape index (κ3) is 3.63. The average Bonchev–Trinajstić information content (AvgIpc) is 2.42. The van der Waals surface area contributed by atoms with Crippen LogP contribution < -0.4 is 5.43 Å². The van der Waals surface area contributed by atoms with E-state index in [9.17, 15) is 0 Å². The molecule has 2 rings (SSSR count). The topological polar surface area (TPSA) is 60.5 Å². The third-order valence-electron chi connectivity index (χ3n) is 2.25. The molecular formula is C13H8Br2N4. The minimum absolute atomic E-state index is 0.444. The molecule has 0 aromatic heterocycles. The highest BCUT2D eigenvalue weighted by atomic mass is 79.9. The van der Waals surface area contributed by atoms with Crippen molar-refractivity contribution < 1.29 is 0 Å². The molecule has 6 heteroatoms. The van der Waals surface area contributed by atoms with Gasteiger partial charge in [-0.3, -0.25) is 5.43 Å². The minimum atomic E-state index is 0.444. The van der Waals surface area contributed by atoms with Crippen LogP contribution >= 0.6 is 31.9 Å². The third-order valence-corrected chi connectivity index (χ3v) is 3.31. The molecule has 0 saturated carbocycles. The Balaban J connectivity index is 2.22. The second kappa shape index (κ2) is 6.45. The number of nitriles is 1. The van der Waals surface area contributed by atoms with Gasteiger partial charge >= 0.3 is 0 Å². The first-order valence-corrected chi connectivity index (χ1v) is 6.90. The summed E-state index contributed by atoms with van der Waals surface area (Å²) in [5, 5.41) is 17.0. The van der Waals surface area contributed by atoms with Gasteiger partial charge in [-0.25, -0.2) is 0 Å². The van der Waals surface area contributed by atoms with E-state index in [1.54, 1.807) is 6.07 Å². The standard InChI is InChI=1S/C13H8Br2N4/c14-10-6-9(8-16)13(12(15)7-10)18-19-17-11-4-2-1-3-5-11/h1-7H,(H,17,18). The number of hydrogen-bond acceptors (Lipinski definition) is 3. The molecule has 19 heavy (non-hydrogen) atoms. The highest BCUT2D eigenvalue weighted by Gasteiger charge is 2.07. The Morgan fingerprint density at radius 2 is 1.84 bits per heavy atom. The molecule has 4 nitrogen and oxygen atoms in total. The molecule has 2 aromatic carbocycles. The van der Waals surface area contributed by atoms with Crippen molar-refractivity contribution in [1.29, 1.82) is 5.26 Å². The Hall–Kier alpha value is -1.71. The largest absolute Gasteiger partial charge is 0.260 e. The van der Waals surface area contributed by atoms with E-state index in [1.165, 1.54) is 0 Å². The van der Waals surface area contributed by atoms with E-state index in [4.69, 9.17) is 5.26 Å². The van der Waals surface area contributed by atoms with Crippen molar-refractivity contribution in [3.8, 4) is 6.07 Å². The van der Waals surface area contributed by atoms with Gasteiger partial charge in [0.15, 0.2) is 0 Å². The van der Waals surface area contributed by atoms with Crippen LogP contribution in [0.4, 0.5) is 11.4 Å². The molecule has 0 bridgehead atoms. The number of halogens is 2. The lowest BCUT2D eigenvalue weighted by atomic mass is 10.2. The zero-order chi connectivity index (χ0) is 13.7. The summed E-state index contributed by atoms with van der Waals surface area (Å²) in [6.07, 6.45) is 0. The van der Waals surface area contributed by atoms with Gasteiger partial charge in [0.25, 0.3) is 0 Å². The second-order valence-electron chi connectivity index (χ2n) is 3.57. The van der Waals surface area contributed by atoms with Crippen molar-refractivity contribution in [2.75, 3.05) is 5.43 Å². The van der Waals surface area contributed by atoms with E-state index in [2.05, 4.69) is 53.7 Å². The molecule has 0 aliphatic carbocycles. The molecule has 0 fully saturated rings. The van der Waals surface area contributed by atoms with Gasteiger partial charge in [0.05, 0.1) is 11.3 Å². The van der Waals surface area contributed by atoms with Gasteiger partial charge < -0.3 is 0 Å². The summed E-state index contributed by atoms with van der Waals surface area (Å²) in [5.74, 6) is 0. The average molecular weight is 380 g/mol. The molecule has 0 radical (unpaired) electrons. The Labute approximate surface area is 127 Å². The maximum atomic E-state index is 9.07. The molecule has 0 aliphatic rings. The smallest absolute Gasteiger partial charge is 0.119 e. The predicted octanol–water partition coefficient (Wildman–Crippen LogP) is 5.19. The first-order chi connectivity index (χ1) is 9.20. The summed E-state index contributed by atoms with van der Waals surface area (Å²) >= 11 is 6.69. The summed E-state index contributed by atoms with van der Waals surface area (Å²) < 4.78 is 1.52. The Kier molecular flexibility index (Phi) is 4.66. The maximum Gasteiger partial charge on any atom is 0.119 e. The summed E-state index contributed by atoms with van der Waals surface area (Å²) in [6.45, 7) is 0. The maximum absolute atomic E-state index is 9.07. The van der Waals surface area contributed by atoms with Crippen LogP contribution in [0.15, 0.2) is 61.7 Å². The highest BCUT2D eigenvalue weighted by molar-refractivity contribution is 9.11. The van der Waals surface area contributed by atoms with Crippen LogP contribution in [0.5, 0.6) is 0 Å². The normalized spacial score (nSPS) is 10.4. The van der Waals surface area contributed by atoms with Gasteiger partial charge in [-0.1, -0.05) is 39.4 Å². The number of nitrogens with one attached hydrogen (secondary N) is 1. The van der Waals surface area contributed by atoms with Crippen molar-refractivity contribution in [1.82, 2.24) is 0 Å². The first-order valence-electron chi connectivity index (χ1n) is 5.31. The van der Waals surface area contributed by atoms with Crippen molar-refractivity contribution >= 4 is 43.2 Å². The molecule has 0 unspecified atom stereocenters. The quantitative estimate of drug-likeness (QED) is 0.588. The van der Waals surface area contributed by atoms with E-state index in [1.807, 2.05) is 36.4 Å². The highest BCUT2D eigenvalue weighted by Crippen LogP contribution is 2.32. The number of rotatable bonds is 3. The fourth-order valence-corrected chi connectivity index (χ4v) is 2.70. The van der Waals surface area contributed by atoms with Crippen molar-refractivity contribution in [3.63, 3.8) is 0 Å². The lowest BCUT2D eigenvalue weighted by molar-refractivity contribution is 1.12. The van der Waals surface area contributed by atoms with Crippen LogP contribution in [0, 0.1) is 11.3 Å². The molecule has 0 spiro atoms. The monoisotopic (exact) mass is 378 g/mol. The zero-order valence-corrected chi connectivity index (χ0v) is 12.8. The lowest BCUT2D eigenvalue weighted by Crippen LogP contribution is -1.86. The fraction of sp³-hybridized carbons (Fsp3) is 0. The molecule has 0 amide bonds. The van der Waals surface area contributed by atoms with E-state index in [0.29, 0.717) is 15.7 Å². The molecule has 0 saturated heterocycles. The van der Waals surface area contributed by atoms with Gasteiger partial charge in [-0.2, -0.15) is 5.26 Å². The number of hydrogen-bond donors (Lipinski definition) is 1. The van der Waals surface area contributed by atoms with Crippen molar-refractivity contribution in [2.45, 2.75) is 0 Å². The van der Waals surface area contributed by atoms with E-state index < -0.39 is 0 Å².